The molecule has 9 heavy (non-hydrogen) atoms. The zero-order valence-electron chi connectivity index (χ0n) is 6.01. The quantitative estimate of drug-likeness (QED) is 0.580. The van der Waals surface area contributed by atoms with Gasteiger partial charge in [-0.25, -0.2) is 0 Å². The molecule has 0 saturated heterocycles. The minimum Gasteiger partial charge on any atom is -0.396 e. The molecule has 2 nitrogen and oxygen atoms in total. The zero-order chi connectivity index (χ0) is 7.11. The van der Waals surface area contributed by atoms with E-state index in [9.17, 15) is 0 Å². The predicted octanol–water partition coefficient (Wildman–Crippen LogP) is 0.777. The Kier molecular flexibility index (Phi) is 5.99. The summed E-state index contributed by atoms with van der Waals surface area (Å²) in [7, 11) is 0. The molecule has 1 unspecified atom stereocenters. The van der Waals surface area contributed by atoms with Crippen LogP contribution in [0.5, 0.6) is 0 Å². The van der Waals surface area contributed by atoms with Gasteiger partial charge in [-0.05, 0) is 25.2 Å². The molecule has 0 aromatic rings. The number of hydrogen-bond acceptors (Lipinski definition) is 2. The van der Waals surface area contributed by atoms with Crippen LogP contribution in [-0.4, -0.2) is 23.4 Å². The lowest BCUT2D eigenvalue weighted by molar-refractivity contribution is 0.239. The molecule has 56 valence electrons. The van der Waals surface area contributed by atoms with Gasteiger partial charge < -0.3 is 10.2 Å². The predicted molar refractivity (Wildman–Crippen MR) is 37.2 cm³/mol. The van der Waals surface area contributed by atoms with Crippen LogP contribution in [0, 0.1) is 5.92 Å². The van der Waals surface area contributed by atoms with Gasteiger partial charge in [-0.3, -0.25) is 0 Å². The highest BCUT2D eigenvalue weighted by Gasteiger charge is 1.98. The minimum atomic E-state index is 0.270. The molecule has 0 rings (SSSR count). The van der Waals surface area contributed by atoms with Gasteiger partial charge in [0, 0.05) is 13.2 Å². The first kappa shape index (κ1) is 8.92. The average molecular weight is 132 g/mol. The molecule has 0 aromatic carbocycles. The van der Waals surface area contributed by atoms with E-state index in [4.69, 9.17) is 10.2 Å². The summed E-state index contributed by atoms with van der Waals surface area (Å²) in [6.07, 6.45) is 2.75. The molecular weight excluding hydrogens is 116 g/mol. The first-order valence-corrected chi connectivity index (χ1v) is 3.53. The first-order valence-electron chi connectivity index (χ1n) is 3.53. The van der Waals surface area contributed by atoms with E-state index in [1.54, 1.807) is 0 Å². The molecule has 0 aromatic heterocycles. The number of aliphatic hydroxyl groups excluding tert-OH is 2. The summed E-state index contributed by atoms with van der Waals surface area (Å²) >= 11 is 0. The molecule has 0 heterocycles. The monoisotopic (exact) mass is 132 g/mol. The summed E-state index contributed by atoms with van der Waals surface area (Å²) in [6.45, 7) is 2.63. The third-order valence-corrected chi connectivity index (χ3v) is 1.48. The lowest BCUT2D eigenvalue weighted by atomic mass is 10.0. The summed E-state index contributed by atoms with van der Waals surface area (Å²) in [5, 5.41) is 16.9. The highest BCUT2D eigenvalue weighted by molar-refractivity contribution is 4.50. The van der Waals surface area contributed by atoms with Crippen LogP contribution in [0.3, 0.4) is 0 Å². The Hall–Kier alpha value is -0.0800. The maximum absolute atomic E-state index is 8.47. The summed E-state index contributed by atoms with van der Waals surface area (Å²) < 4.78 is 0. The third-order valence-electron chi connectivity index (χ3n) is 1.48. The van der Waals surface area contributed by atoms with Crippen molar-refractivity contribution in [3.05, 3.63) is 0 Å². The molecule has 0 saturated carbocycles. The highest BCUT2D eigenvalue weighted by Crippen LogP contribution is 2.07. The van der Waals surface area contributed by atoms with E-state index in [0.29, 0.717) is 5.92 Å². The Morgan fingerprint density at radius 2 is 1.78 bits per heavy atom. The Bertz CT molecular complexity index is 54.9. The molecule has 2 heteroatoms. The Morgan fingerprint density at radius 3 is 2.22 bits per heavy atom. The fourth-order valence-corrected chi connectivity index (χ4v) is 0.804. The summed E-state index contributed by atoms with van der Waals surface area (Å²) in [5.74, 6) is 0.558. The zero-order valence-corrected chi connectivity index (χ0v) is 6.01. The normalized spacial score (nSPS) is 13.7. The van der Waals surface area contributed by atoms with E-state index in [1.165, 1.54) is 0 Å². The molecule has 0 bridgehead atoms. The fraction of sp³-hybridized carbons (Fsp3) is 1.00. The van der Waals surface area contributed by atoms with Gasteiger partial charge in [0.2, 0.25) is 0 Å². The minimum absolute atomic E-state index is 0.270. The van der Waals surface area contributed by atoms with Crippen molar-refractivity contribution < 1.29 is 10.2 Å². The SMILES string of the molecule is CC(CCO)CCCO. The van der Waals surface area contributed by atoms with Crippen molar-refractivity contribution >= 4 is 0 Å². The van der Waals surface area contributed by atoms with Crippen LogP contribution in [0.4, 0.5) is 0 Å². The molecule has 0 aliphatic heterocycles. The fourth-order valence-electron chi connectivity index (χ4n) is 0.804. The van der Waals surface area contributed by atoms with Crippen LogP contribution in [0.25, 0.3) is 0 Å². The van der Waals surface area contributed by atoms with E-state index in [1.807, 2.05) is 0 Å². The highest BCUT2D eigenvalue weighted by atomic mass is 16.3. The van der Waals surface area contributed by atoms with Gasteiger partial charge in [0.05, 0.1) is 0 Å². The Balaban J connectivity index is 2.95. The largest absolute Gasteiger partial charge is 0.396 e. The number of rotatable bonds is 5. The molecular formula is C7H16O2. The van der Waals surface area contributed by atoms with Gasteiger partial charge in [0.15, 0.2) is 0 Å². The second kappa shape index (κ2) is 6.05. The van der Waals surface area contributed by atoms with Crippen LogP contribution in [0.2, 0.25) is 0 Å². The van der Waals surface area contributed by atoms with E-state index in [-0.39, 0.29) is 13.2 Å². The van der Waals surface area contributed by atoms with E-state index in [2.05, 4.69) is 6.92 Å². The topological polar surface area (TPSA) is 40.5 Å². The van der Waals surface area contributed by atoms with Crippen LogP contribution in [-0.2, 0) is 0 Å². The van der Waals surface area contributed by atoms with Gasteiger partial charge in [-0.15, -0.1) is 0 Å². The number of aliphatic hydroxyl groups is 2. The van der Waals surface area contributed by atoms with E-state index in [0.717, 1.165) is 19.3 Å². The van der Waals surface area contributed by atoms with E-state index >= 15 is 0 Å². The van der Waals surface area contributed by atoms with Crippen molar-refractivity contribution in [2.75, 3.05) is 13.2 Å². The summed E-state index contributed by atoms with van der Waals surface area (Å²) in [4.78, 5) is 0. The first-order chi connectivity index (χ1) is 4.31. The van der Waals surface area contributed by atoms with Gasteiger partial charge in [-0.1, -0.05) is 6.92 Å². The Labute approximate surface area is 56.5 Å². The van der Waals surface area contributed by atoms with Gasteiger partial charge >= 0.3 is 0 Å². The maximum atomic E-state index is 8.47. The van der Waals surface area contributed by atoms with Crippen LogP contribution < -0.4 is 0 Å². The molecule has 0 amide bonds. The van der Waals surface area contributed by atoms with Gasteiger partial charge in [-0.2, -0.15) is 0 Å². The van der Waals surface area contributed by atoms with Crippen molar-refractivity contribution in [1.82, 2.24) is 0 Å². The molecule has 0 spiro atoms. The van der Waals surface area contributed by atoms with Crippen molar-refractivity contribution in [3.8, 4) is 0 Å². The van der Waals surface area contributed by atoms with Crippen LogP contribution >= 0.6 is 0 Å². The molecule has 0 fully saturated rings. The van der Waals surface area contributed by atoms with Crippen molar-refractivity contribution in [3.63, 3.8) is 0 Å². The van der Waals surface area contributed by atoms with E-state index < -0.39 is 0 Å². The lowest BCUT2D eigenvalue weighted by Gasteiger charge is -2.06. The number of hydrogen-bond donors (Lipinski definition) is 2. The second-order valence-electron chi connectivity index (χ2n) is 2.48. The standard InChI is InChI=1S/C7H16O2/c1-7(4-6-9)3-2-5-8/h7-9H,2-6H2,1H3. The molecule has 0 radical (unpaired) electrons. The molecule has 2 N–H and O–H groups in total. The lowest BCUT2D eigenvalue weighted by Crippen LogP contribution is -1.98. The molecule has 0 aliphatic carbocycles. The van der Waals surface area contributed by atoms with Gasteiger partial charge in [0.1, 0.15) is 0 Å². The Morgan fingerprint density at radius 1 is 1.11 bits per heavy atom. The second-order valence-corrected chi connectivity index (χ2v) is 2.48. The maximum Gasteiger partial charge on any atom is 0.0433 e. The van der Waals surface area contributed by atoms with Crippen molar-refractivity contribution in [1.29, 1.82) is 0 Å². The summed E-state index contributed by atoms with van der Waals surface area (Å²) in [6, 6.07) is 0. The smallest absolute Gasteiger partial charge is 0.0433 e. The van der Waals surface area contributed by atoms with Crippen molar-refractivity contribution in [2.24, 2.45) is 5.92 Å². The van der Waals surface area contributed by atoms with Crippen LogP contribution in [0.15, 0.2) is 0 Å². The van der Waals surface area contributed by atoms with Gasteiger partial charge in [0.25, 0.3) is 0 Å². The average Bonchev–Trinajstić information content (AvgIpc) is 1.85. The van der Waals surface area contributed by atoms with Crippen molar-refractivity contribution in [2.45, 2.75) is 26.2 Å². The molecule has 1 atom stereocenters. The molecule has 0 aliphatic rings. The van der Waals surface area contributed by atoms with Crippen LogP contribution in [0.1, 0.15) is 26.2 Å². The third kappa shape index (κ3) is 5.80. The summed E-state index contributed by atoms with van der Waals surface area (Å²) in [5.41, 5.74) is 0.